The van der Waals surface area contributed by atoms with Gasteiger partial charge in [0.25, 0.3) is 0 Å². The lowest BCUT2D eigenvalue weighted by Gasteiger charge is -2.23. The van der Waals surface area contributed by atoms with Crippen LogP contribution in [0.1, 0.15) is 30.0 Å². The molecular weight excluding hydrogens is 276 g/mol. The van der Waals surface area contributed by atoms with E-state index in [2.05, 4.69) is 49.3 Å². The van der Waals surface area contributed by atoms with E-state index in [1.165, 1.54) is 11.1 Å². The minimum absolute atomic E-state index is 0.0244. The average molecular weight is 300 g/mol. The van der Waals surface area contributed by atoms with Crippen molar-refractivity contribution in [1.29, 1.82) is 0 Å². The first-order valence-corrected chi connectivity index (χ1v) is 11.2. The minimum Gasteiger partial charge on any atom is -0.466 e. The molecule has 1 atom stereocenters. The Hall–Kier alpha value is -1.53. The zero-order valence-corrected chi connectivity index (χ0v) is 14.5. The third kappa shape index (κ3) is 4.47. The molecule has 1 aromatic rings. The van der Waals surface area contributed by atoms with Gasteiger partial charge in [0.15, 0.2) is 0 Å². The summed E-state index contributed by atoms with van der Waals surface area (Å²) in [7, 11) is -1.33. The number of ether oxygens (including phenoxy) is 1. The Labute approximate surface area is 128 Å². The second-order valence-corrected chi connectivity index (χ2v) is 11.4. The summed E-state index contributed by atoms with van der Waals surface area (Å²) in [6.45, 7) is 9.08. The Balaban J connectivity index is 2.13. The van der Waals surface area contributed by atoms with Gasteiger partial charge in [-0.15, -0.1) is 5.54 Å². The minimum atomic E-state index is -1.33. The quantitative estimate of drug-likeness (QED) is 0.474. The molecule has 0 spiro atoms. The van der Waals surface area contributed by atoms with Crippen molar-refractivity contribution in [2.75, 3.05) is 6.61 Å². The molecular formula is C18H24O2Si. The van der Waals surface area contributed by atoms with E-state index in [9.17, 15) is 4.79 Å². The van der Waals surface area contributed by atoms with E-state index in [4.69, 9.17) is 4.74 Å². The first-order valence-electron chi connectivity index (χ1n) is 7.70. The standard InChI is InChI=1S/C18H24O2Si/c1-5-20-18(19)17-9-8-15-12-14(6-7-16(15)13-17)10-11-21(2,3)4/h6-7,12,17H,5,8-9,13H2,1-4H3. The fourth-order valence-electron chi connectivity index (χ4n) is 2.55. The van der Waals surface area contributed by atoms with Crippen LogP contribution in [0.2, 0.25) is 19.6 Å². The van der Waals surface area contributed by atoms with E-state index >= 15 is 0 Å². The molecule has 1 aliphatic rings. The number of rotatable bonds is 2. The van der Waals surface area contributed by atoms with Crippen molar-refractivity contribution in [3.63, 3.8) is 0 Å². The van der Waals surface area contributed by atoms with E-state index in [1.54, 1.807) is 0 Å². The predicted molar refractivity (Wildman–Crippen MR) is 88.8 cm³/mol. The van der Waals surface area contributed by atoms with Crippen molar-refractivity contribution in [2.45, 2.75) is 45.8 Å². The first kappa shape index (κ1) is 15.8. The first-order chi connectivity index (χ1) is 9.89. The van der Waals surface area contributed by atoms with Crippen LogP contribution in [0.15, 0.2) is 18.2 Å². The van der Waals surface area contributed by atoms with Crippen molar-refractivity contribution < 1.29 is 9.53 Å². The number of hydrogen-bond acceptors (Lipinski definition) is 2. The van der Waals surface area contributed by atoms with Crippen molar-refractivity contribution in [3.05, 3.63) is 34.9 Å². The average Bonchev–Trinajstić information content (AvgIpc) is 2.44. The molecule has 0 heterocycles. The Kier molecular flexibility index (Phi) is 4.90. The highest BCUT2D eigenvalue weighted by molar-refractivity contribution is 6.83. The number of hydrogen-bond donors (Lipinski definition) is 0. The lowest BCUT2D eigenvalue weighted by Crippen LogP contribution is -2.24. The molecule has 0 saturated carbocycles. The van der Waals surface area contributed by atoms with Gasteiger partial charge in [-0.2, -0.15) is 0 Å². The molecule has 0 saturated heterocycles. The van der Waals surface area contributed by atoms with Gasteiger partial charge in [0.05, 0.1) is 12.5 Å². The van der Waals surface area contributed by atoms with Gasteiger partial charge in [-0.05, 0) is 49.4 Å². The molecule has 0 radical (unpaired) electrons. The highest BCUT2D eigenvalue weighted by atomic mass is 28.3. The maximum atomic E-state index is 11.8. The van der Waals surface area contributed by atoms with Crippen LogP contribution in [-0.2, 0) is 22.4 Å². The number of aryl methyl sites for hydroxylation is 1. The van der Waals surface area contributed by atoms with Crippen molar-refractivity contribution in [3.8, 4) is 11.5 Å². The number of carbonyl (C=O) groups excluding carboxylic acids is 1. The fourth-order valence-corrected chi connectivity index (χ4v) is 3.07. The molecule has 1 aromatic carbocycles. The summed E-state index contributed by atoms with van der Waals surface area (Å²) in [6, 6.07) is 6.41. The fraction of sp³-hybridized carbons (Fsp3) is 0.500. The zero-order valence-electron chi connectivity index (χ0n) is 13.5. The molecule has 1 unspecified atom stereocenters. The third-order valence-corrected chi connectivity index (χ3v) is 4.51. The predicted octanol–water partition coefficient (Wildman–Crippen LogP) is 3.58. The smallest absolute Gasteiger partial charge is 0.309 e. The molecule has 0 aliphatic heterocycles. The molecule has 0 amide bonds. The van der Waals surface area contributed by atoms with Crippen LogP contribution in [0.4, 0.5) is 0 Å². The van der Waals surface area contributed by atoms with Gasteiger partial charge >= 0.3 is 5.97 Å². The Morgan fingerprint density at radius 1 is 1.33 bits per heavy atom. The van der Waals surface area contributed by atoms with Crippen LogP contribution in [-0.4, -0.2) is 20.7 Å². The van der Waals surface area contributed by atoms with Gasteiger partial charge in [-0.25, -0.2) is 0 Å². The lowest BCUT2D eigenvalue weighted by molar-refractivity contribution is -0.148. The number of carbonyl (C=O) groups is 1. The van der Waals surface area contributed by atoms with E-state index in [0.29, 0.717) is 6.61 Å². The Morgan fingerprint density at radius 2 is 2.10 bits per heavy atom. The van der Waals surface area contributed by atoms with E-state index < -0.39 is 8.07 Å². The second-order valence-electron chi connectivity index (χ2n) is 6.68. The van der Waals surface area contributed by atoms with Gasteiger partial charge in [-0.1, -0.05) is 31.6 Å². The van der Waals surface area contributed by atoms with Crippen LogP contribution in [0.5, 0.6) is 0 Å². The molecule has 0 fully saturated rings. The third-order valence-electron chi connectivity index (χ3n) is 3.64. The molecule has 0 bridgehead atoms. The maximum Gasteiger partial charge on any atom is 0.309 e. The van der Waals surface area contributed by atoms with Gasteiger partial charge < -0.3 is 4.74 Å². The molecule has 21 heavy (non-hydrogen) atoms. The summed E-state index contributed by atoms with van der Waals surface area (Å²) in [5.74, 6) is 3.28. The van der Waals surface area contributed by atoms with Crippen LogP contribution in [0, 0.1) is 17.4 Å². The molecule has 2 nitrogen and oxygen atoms in total. The normalized spacial score (nSPS) is 17.4. The molecule has 0 aromatic heterocycles. The molecule has 3 heteroatoms. The van der Waals surface area contributed by atoms with Crippen molar-refractivity contribution >= 4 is 14.0 Å². The van der Waals surface area contributed by atoms with Gasteiger partial charge in [-0.3, -0.25) is 4.79 Å². The summed E-state index contributed by atoms with van der Waals surface area (Å²) in [5.41, 5.74) is 7.13. The Morgan fingerprint density at radius 3 is 2.76 bits per heavy atom. The van der Waals surface area contributed by atoms with Crippen LogP contribution in [0.3, 0.4) is 0 Å². The highest BCUT2D eigenvalue weighted by Crippen LogP contribution is 2.27. The van der Waals surface area contributed by atoms with E-state index in [-0.39, 0.29) is 11.9 Å². The molecule has 112 valence electrons. The Bertz CT molecular complexity index is 587. The van der Waals surface area contributed by atoms with E-state index in [0.717, 1.165) is 24.8 Å². The number of fused-ring (bicyclic) bond motifs is 1. The number of esters is 1. The maximum absolute atomic E-state index is 11.8. The largest absolute Gasteiger partial charge is 0.466 e. The molecule has 0 N–H and O–H groups in total. The monoisotopic (exact) mass is 300 g/mol. The summed E-state index contributed by atoms with van der Waals surface area (Å²) in [5, 5.41) is 0. The molecule has 2 rings (SSSR count). The second kappa shape index (κ2) is 6.49. The summed E-state index contributed by atoms with van der Waals surface area (Å²) in [4.78, 5) is 11.8. The summed E-state index contributed by atoms with van der Waals surface area (Å²) < 4.78 is 5.14. The van der Waals surface area contributed by atoms with Crippen LogP contribution < -0.4 is 0 Å². The van der Waals surface area contributed by atoms with Crippen molar-refractivity contribution in [2.24, 2.45) is 5.92 Å². The zero-order chi connectivity index (χ0) is 15.5. The van der Waals surface area contributed by atoms with Gasteiger partial charge in [0, 0.05) is 5.56 Å². The lowest BCUT2D eigenvalue weighted by atomic mass is 9.83. The summed E-state index contributed by atoms with van der Waals surface area (Å²) >= 11 is 0. The van der Waals surface area contributed by atoms with Gasteiger partial charge in [0.1, 0.15) is 8.07 Å². The topological polar surface area (TPSA) is 26.3 Å². The SMILES string of the molecule is CCOC(=O)C1CCc2cc(C#C[Si](C)(C)C)ccc2C1. The van der Waals surface area contributed by atoms with Crippen LogP contribution in [0.25, 0.3) is 0 Å². The van der Waals surface area contributed by atoms with Crippen molar-refractivity contribution in [1.82, 2.24) is 0 Å². The highest BCUT2D eigenvalue weighted by Gasteiger charge is 2.25. The van der Waals surface area contributed by atoms with Gasteiger partial charge in [0.2, 0.25) is 0 Å². The summed E-state index contributed by atoms with van der Waals surface area (Å²) in [6.07, 6.45) is 2.63. The van der Waals surface area contributed by atoms with E-state index in [1.807, 2.05) is 6.92 Å². The number of benzene rings is 1. The molecule has 1 aliphatic carbocycles. The van der Waals surface area contributed by atoms with Crippen LogP contribution >= 0.6 is 0 Å².